The van der Waals surface area contributed by atoms with Crippen molar-refractivity contribution in [1.29, 1.82) is 0 Å². The fourth-order valence-electron chi connectivity index (χ4n) is 1.73. The van der Waals surface area contributed by atoms with Gasteiger partial charge in [0.05, 0.1) is 6.10 Å². The number of hydrogen-bond acceptors (Lipinski definition) is 1. The minimum atomic E-state index is -0.282. The summed E-state index contributed by atoms with van der Waals surface area (Å²) in [4.78, 5) is 0. The molecule has 0 saturated carbocycles. The van der Waals surface area contributed by atoms with E-state index in [0.717, 1.165) is 0 Å². The number of benzene rings is 1. The highest BCUT2D eigenvalue weighted by Crippen LogP contribution is 2.25. The second kappa shape index (κ2) is 4.14. The predicted octanol–water partition coefficient (Wildman–Crippen LogP) is 3.10. The van der Waals surface area contributed by atoms with Crippen LogP contribution in [0.3, 0.4) is 0 Å². The number of rotatable bonds is 2. The minimum absolute atomic E-state index is 0.217. The number of hydrogen-bond donors (Lipinski definition) is 1. The molecule has 0 saturated heterocycles. The van der Waals surface area contributed by atoms with Crippen molar-refractivity contribution < 1.29 is 5.11 Å². The van der Waals surface area contributed by atoms with E-state index < -0.39 is 0 Å². The van der Waals surface area contributed by atoms with Crippen LogP contribution in [0.4, 0.5) is 0 Å². The van der Waals surface area contributed by atoms with Gasteiger partial charge in [-0.3, -0.25) is 0 Å². The molecule has 1 nitrogen and oxygen atoms in total. The Morgan fingerprint density at radius 1 is 0.929 bits per heavy atom. The zero-order valence-corrected chi connectivity index (χ0v) is 9.76. The van der Waals surface area contributed by atoms with Gasteiger partial charge in [-0.15, -0.1) is 0 Å². The number of aliphatic hydroxyl groups excluding tert-OH is 1. The van der Waals surface area contributed by atoms with Crippen molar-refractivity contribution in [3.05, 3.63) is 34.4 Å². The molecule has 1 aromatic carbocycles. The van der Waals surface area contributed by atoms with E-state index in [1.165, 1.54) is 22.3 Å². The van der Waals surface area contributed by atoms with Crippen LogP contribution in [0, 0.1) is 20.8 Å². The van der Waals surface area contributed by atoms with Gasteiger partial charge in [0.2, 0.25) is 0 Å². The zero-order valence-electron chi connectivity index (χ0n) is 9.76. The van der Waals surface area contributed by atoms with Gasteiger partial charge in [-0.2, -0.15) is 0 Å². The summed E-state index contributed by atoms with van der Waals surface area (Å²) in [6.45, 7) is 10.3. The molecule has 78 valence electrons. The lowest BCUT2D eigenvalue weighted by Crippen LogP contribution is -2.12. The summed E-state index contributed by atoms with van der Waals surface area (Å²) in [7, 11) is 0. The molecule has 0 bridgehead atoms. The average Bonchev–Trinajstić information content (AvgIpc) is 2.10. The zero-order chi connectivity index (χ0) is 10.9. The van der Waals surface area contributed by atoms with Crippen LogP contribution in [0.2, 0.25) is 0 Å². The molecule has 0 spiro atoms. The maximum Gasteiger partial charge on any atom is 0.0578 e. The van der Waals surface area contributed by atoms with Crippen LogP contribution in [0.1, 0.15) is 42.0 Å². The van der Waals surface area contributed by atoms with E-state index in [9.17, 15) is 5.11 Å². The highest BCUT2D eigenvalue weighted by Gasteiger charge is 2.14. The van der Waals surface area contributed by atoms with E-state index in [4.69, 9.17) is 0 Å². The average molecular weight is 192 g/mol. The SMILES string of the molecule is Cc1cc(C)c(C(C)C(C)O)cc1C. The van der Waals surface area contributed by atoms with Gasteiger partial charge in [-0.1, -0.05) is 19.1 Å². The van der Waals surface area contributed by atoms with Gasteiger partial charge < -0.3 is 5.11 Å². The molecule has 0 aliphatic carbocycles. The third kappa shape index (κ3) is 2.16. The summed E-state index contributed by atoms with van der Waals surface area (Å²) < 4.78 is 0. The first-order chi connectivity index (χ1) is 6.43. The van der Waals surface area contributed by atoms with E-state index >= 15 is 0 Å². The lowest BCUT2D eigenvalue weighted by molar-refractivity contribution is 0.168. The summed E-state index contributed by atoms with van der Waals surface area (Å²) in [6, 6.07) is 4.39. The van der Waals surface area contributed by atoms with Crippen LogP contribution in [-0.2, 0) is 0 Å². The van der Waals surface area contributed by atoms with Gasteiger partial charge in [0.15, 0.2) is 0 Å². The molecular weight excluding hydrogens is 172 g/mol. The van der Waals surface area contributed by atoms with E-state index in [2.05, 4.69) is 39.8 Å². The number of aliphatic hydroxyl groups is 1. The molecular formula is C13H20O. The summed E-state index contributed by atoms with van der Waals surface area (Å²) in [5.41, 5.74) is 5.17. The molecule has 0 aliphatic rings. The fourth-order valence-corrected chi connectivity index (χ4v) is 1.73. The van der Waals surface area contributed by atoms with Crippen molar-refractivity contribution >= 4 is 0 Å². The Bertz CT molecular complexity index is 326. The highest BCUT2D eigenvalue weighted by molar-refractivity contribution is 5.38. The van der Waals surface area contributed by atoms with Crippen LogP contribution in [0.5, 0.6) is 0 Å². The Morgan fingerprint density at radius 3 is 1.93 bits per heavy atom. The second-order valence-electron chi connectivity index (χ2n) is 4.32. The van der Waals surface area contributed by atoms with Crippen molar-refractivity contribution in [2.45, 2.75) is 46.6 Å². The van der Waals surface area contributed by atoms with Crippen molar-refractivity contribution in [2.24, 2.45) is 0 Å². The Labute approximate surface area is 86.8 Å². The molecule has 1 rings (SSSR count). The summed E-state index contributed by atoms with van der Waals surface area (Å²) in [6.07, 6.45) is -0.282. The van der Waals surface area contributed by atoms with Gasteiger partial charge >= 0.3 is 0 Å². The lowest BCUT2D eigenvalue weighted by atomic mass is 9.89. The Hall–Kier alpha value is -0.820. The number of aryl methyl sites for hydroxylation is 3. The predicted molar refractivity (Wildman–Crippen MR) is 60.7 cm³/mol. The lowest BCUT2D eigenvalue weighted by Gasteiger charge is -2.19. The first-order valence-corrected chi connectivity index (χ1v) is 5.19. The largest absolute Gasteiger partial charge is 0.393 e. The standard InChI is InChI=1S/C13H20O/c1-8-6-10(3)13(7-9(8)2)11(4)12(5)14/h6-7,11-12,14H,1-5H3. The molecule has 0 fully saturated rings. The molecule has 1 aromatic rings. The topological polar surface area (TPSA) is 20.2 Å². The summed E-state index contributed by atoms with van der Waals surface area (Å²) >= 11 is 0. The molecule has 1 N–H and O–H groups in total. The monoisotopic (exact) mass is 192 g/mol. The molecule has 2 atom stereocenters. The fraction of sp³-hybridized carbons (Fsp3) is 0.538. The van der Waals surface area contributed by atoms with Crippen molar-refractivity contribution in [3.63, 3.8) is 0 Å². The van der Waals surface area contributed by atoms with E-state index in [-0.39, 0.29) is 12.0 Å². The van der Waals surface area contributed by atoms with E-state index in [0.29, 0.717) is 0 Å². The summed E-state index contributed by atoms with van der Waals surface area (Å²) in [5.74, 6) is 0.217. The second-order valence-corrected chi connectivity index (χ2v) is 4.32. The van der Waals surface area contributed by atoms with Gasteiger partial charge in [-0.05, 0) is 49.9 Å². The molecule has 0 aliphatic heterocycles. The van der Waals surface area contributed by atoms with Gasteiger partial charge in [-0.25, -0.2) is 0 Å². The van der Waals surface area contributed by atoms with Gasteiger partial charge in [0.25, 0.3) is 0 Å². The quantitative estimate of drug-likeness (QED) is 0.763. The molecule has 0 amide bonds. The molecule has 0 heterocycles. The van der Waals surface area contributed by atoms with Crippen molar-refractivity contribution in [3.8, 4) is 0 Å². The normalized spacial score (nSPS) is 15.3. The van der Waals surface area contributed by atoms with E-state index in [1.807, 2.05) is 6.92 Å². The third-order valence-corrected chi connectivity index (χ3v) is 3.10. The van der Waals surface area contributed by atoms with Crippen LogP contribution in [0.15, 0.2) is 12.1 Å². The minimum Gasteiger partial charge on any atom is -0.393 e. The Morgan fingerprint density at radius 2 is 1.43 bits per heavy atom. The first-order valence-electron chi connectivity index (χ1n) is 5.19. The van der Waals surface area contributed by atoms with Crippen LogP contribution >= 0.6 is 0 Å². The van der Waals surface area contributed by atoms with Gasteiger partial charge in [0.1, 0.15) is 0 Å². The molecule has 0 aromatic heterocycles. The third-order valence-electron chi connectivity index (χ3n) is 3.10. The first kappa shape index (κ1) is 11.3. The van der Waals surface area contributed by atoms with Crippen LogP contribution in [-0.4, -0.2) is 11.2 Å². The van der Waals surface area contributed by atoms with Gasteiger partial charge in [0, 0.05) is 5.92 Å². The summed E-state index contributed by atoms with van der Waals surface area (Å²) in [5, 5.41) is 9.56. The molecule has 2 unspecified atom stereocenters. The molecule has 1 heteroatoms. The van der Waals surface area contributed by atoms with Crippen molar-refractivity contribution in [1.82, 2.24) is 0 Å². The van der Waals surface area contributed by atoms with E-state index in [1.54, 1.807) is 0 Å². The smallest absolute Gasteiger partial charge is 0.0578 e. The highest BCUT2D eigenvalue weighted by atomic mass is 16.3. The molecule has 14 heavy (non-hydrogen) atoms. The Balaban J connectivity index is 3.15. The Kier molecular flexibility index (Phi) is 3.33. The maximum absolute atomic E-state index is 9.56. The molecule has 0 radical (unpaired) electrons. The van der Waals surface area contributed by atoms with Crippen LogP contribution < -0.4 is 0 Å². The van der Waals surface area contributed by atoms with Crippen LogP contribution in [0.25, 0.3) is 0 Å². The van der Waals surface area contributed by atoms with Crippen molar-refractivity contribution in [2.75, 3.05) is 0 Å². The maximum atomic E-state index is 9.56.